The molecule has 0 aliphatic rings. The standard InChI is InChI=1S/C66H112O6/c1-4-7-10-13-16-19-22-25-27-29-31-33-35-37-39-41-44-47-50-53-56-59-65(68)71-62-63(61-70-64(67)58-55-52-49-46-43-24-21-18-15-12-9-6-3)72-66(69)60-57-54-51-48-45-42-40-38-36-34-32-30-28-26-23-20-17-14-11-8-5-2/h7,10,16,19,23,25-27,30-33,36-39,63H,4-6,8-9,11-15,17-18,20-22,24,28-29,34-35,40-62H2,1-3H3/b10-7-,19-16-,26-23-,27-25-,32-30-,33-31-,38-36-,39-37-. The second kappa shape index (κ2) is 59.9. The Morgan fingerprint density at radius 2 is 0.542 bits per heavy atom. The number of carbonyl (C=O) groups excluding carboxylic acids is 3. The zero-order valence-corrected chi connectivity index (χ0v) is 47.2. The molecule has 0 aliphatic carbocycles. The molecule has 1 unspecified atom stereocenters. The second-order valence-electron chi connectivity index (χ2n) is 19.9. The Labute approximate surface area is 445 Å². The summed E-state index contributed by atoms with van der Waals surface area (Å²) in [6.07, 6.45) is 79.7. The van der Waals surface area contributed by atoms with Crippen LogP contribution in [0.1, 0.15) is 284 Å². The van der Waals surface area contributed by atoms with Crippen LogP contribution in [0.5, 0.6) is 0 Å². The zero-order chi connectivity index (χ0) is 52.2. The van der Waals surface area contributed by atoms with E-state index in [0.29, 0.717) is 19.3 Å². The van der Waals surface area contributed by atoms with Crippen LogP contribution in [0.4, 0.5) is 0 Å². The summed E-state index contributed by atoms with van der Waals surface area (Å²) in [4.78, 5) is 38.2. The van der Waals surface area contributed by atoms with Crippen LogP contribution < -0.4 is 0 Å². The van der Waals surface area contributed by atoms with Gasteiger partial charge in [0.15, 0.2) is 6.10 Å². The summed E-state index contributed by atoms with van der Waals surface area (Å²) in [5, 5.41) is 0. The molecule has 0 amide bonds. The summed E-state index contributed by atoms with van der Waals surface area (Å²) in [7, 11) is 0. The smallest absolute Gasteiger partial charge is 0.306 e. The van der Waals surface area contributed by atoms with Crippen LogP contribution in [-0.4, -0.2) is 37.2 Å². The molecule has 0 aromatic carbocycles. The van der Waals surface area contributed by atoms with Gasteiger partial charge in [0, 0.05) is 19.3 Å². The highest BCUT2D eigenvalue weighted by atomic mass is 16.6. The molecule has 0 heterocycles. The first-order chi connectivity index (χ1) is 35.5. The van der Waals surface area contributed by atoms with Crippen LogP contribution in [0.3, 0.4) is 0 Å². The third-order valence-electron chi connectivity index (χ3n) is 12.8. The molecular weight excluding hydrogens is 889 g/mol. The van der Waals surface area contributed by atoms with Gasteiger partial charge in [-0.15, -0.1) is 0 Å². The van der Waals surface area contributed by atoms with Gasteiger partial charge < -0.3 is 14.2 Å². The second-order valence-corrected chi connectivity index (χ2v) is 19.9. The summed E-state index contributed by atoms with van der Waals surface area (Å²) >= 11 is 0. The minimum atomic E-state index is -0.793. The molecule has 412 valence electrons. The van der Waals surface area contributed by atoms with E-state index in [1.165, 1.54) is 109 Å². The highest BCUT2D eigenvalue weighted by Gasteiger charge is 2.19. The Kier molecular flexibility index (Phi) is 56.8. The van der Waals surface area contributed by atoms with Gasteiger partial charge in [0.25, 0.3) is 0 Å². The van der Waals surface area contributed by atoms with Crippen molar-refractivity contribution < 1.29 is 28.6 Å². The monoisotopic (exact) mass is 1000 g/mol. The number of hydrogen-bond acceptors (Lipinski definition) is 6. The largest absolute Gasteiger partial charge is 0.462 e. The fourth-order valence-corrected chi connectivity index (χ4v) is 8.30. The Hall–Kier alpha value is -3.67. The van der Waals surface area contributed by atoms with Crippen molar-refractivity contribution in [3.05, 3.63) is 97.2 Å². The highest BCUT2D eigenvalue weighted by Crippen LogP contribution is 2.15. The Morgan fingerprint density at radius 1 is 0.292 bits per heavy atom. The average molecular weight is 1000 g/mol. The first-order valence-electron chi connectivity index (χ1n) is 30.2. The van der Waals surface area contributed by atoms with Crippen LogP contribution >= 0.6 is 0 Å². The fraction of sp³-hybridized carbons (Fsp3) is 0.712. The van der Waals surface area contributed by atoms with Crippen molar-refractivity contribution in [1.82, 2.24) is 0 Å². The Balaban J connectivity index is 4.41. The lowest BCUT2D eigenvalue weighted by molar-refractivity contribution is -0.167. The molecular formula is C66H112O6. The van der Waals surface area contributed by atoms with Gasteiger partial charge in [-0.25, -0.2) is 0 Å². The van der Waals surface area contributed by atoms with Crippen molar-refractivity contribution in [1.29, 1.82) is 0 Å². The number of allylic oxidation sites excluding steroid dienone is 16. The van der Waals surface area contributed by atoms with E-state index in [1.807, 2.05) is 0 Å². The van der Waals surface area contributed by atoms with Crippen molar-refractivity contribution in [2.75, 3.05) is 13.2 Å². The first-order valence-corrected chi connectivity index (χ1v) is 30.2. The number of esters is 3. The number of carbonyl (C=O) groups is 3. The molecule has 72 heavy (non-hydrogen) atoms. The summed E-state index contributed by atoms with van der Waals surface area (Å²) < 4.78 is 16.9. The predicted octanol–water partition coefficient (Wildman–Crippen LogP) is 20.5. The quantitative estimate of drug-likeness (QED) is 0.0261. The van der Waals surface area contributed by atoms with Gasteiger partial charge in [-0.2, -0.15) is 0 Å². The van der Waals surface area contributed by atoms with E-state index in [4.69, 9.17) is 14.2 Å². The number of unbranched alkanes of at least 4 members (excludes halogenated alkanes) is 27. The fourth-order valence-electron chi connectivity index (χ4n) is 8.30. The van der Waals surface area contributed by atoms with Crippen molar-refractivity contribution in [2.45, 2.75) is 290 Å². The topological polar surface area (TPSA) is 78.9 Å². The average Bonchev–Trinajstić information content (AvgIpc) is 3.38. The number of rotatable bonds is 54. The van der Waals surface area contributed by atoms with Gasteiger partial charge >= 0.3 is 17.9 Å². The van der Waals surface area contributed by atoms with Crippen molar-refractivity contribution in [3.8, 4) is 0 Å². The summed E-state index contributed by atoms with van der Waals surface area (Å²) in [5.74, 6) is -0.914. The Morgan fingerprint density at radius 3 is 0.847 bits per heavy atom. The lowest BCUT2D eigenvalue weighted by atomic mass is 10.0. The lowest BCUT2D eigenvalue weighted by Crippen LogP contribution is -2.30. The van der Waals surface area contributed by atoms with Gasteiger partial charge in [-0.3, -0.25) is 14.4 Å². The van der Waals surface area contributed by atoms with Gasteiger partial charge in [0.05, 0.1) is 0 Å². The molecule has 1 atom stereocenters. The normalized spacial score (nSPS) is 12.8. The molecule has 0 aliphatic heterocycles. The molecule has 0 N–H and O–H groups in total. The van der Waals surface area contributed by atoms with Crippen molar-refractivity contribution >= 4 is 17.9 Å². The van der Waals surface area contributed by atoms with Crippen LogP contribution in [0, 0.1) is 0 Å². The van der Waals surface area contributed by atoms with E-state index in [-0.39, 0.29) is 31.1 Å². The minimum Gasteiger partial charge on any atom is -0.462 e. The molecule has 0 spiro atoms. The van der Waals surface area contributed by atoms with Gasteiger partial charge in [-0.1, -0.05) is 259 Å². The van der Waals surface area contributed by atoms with Gasteiger partial charge in [0.2, 0.25) is 0 Å². The molecule has 0 fully saturated rings. The predicted molar refractivity (Wildman–Crippen MR) is 311 cm³/mol. The van der Waals surface area contributed by atoms with Crippen molar-refractivity contribution in [2.24, 2.45) is 0 Å². The molecule has 0 aromatic heterocycles. The first kappa shape index (κ1) is 68.3. The molecule has 0 bridgehead atoms. The van der Waals surface area contributed by atoms with E-state index in [1.54, 1.807) is 0 Å². The van der Waals surface area contributed by atoms with E-state index >= 15 is 0 Å². The molecule has 0 rings (SSSR count). The number of ether oxygens (including phenoxy) is 3. The third-order valence-corrected chi connectivity index (χ3v) is 12.8. The minimum absolute atomic E-state index is 0.0879. The molecule has 0 saturated carbocycles. The van der Waals surface area contributed by atoms with E-state index in [2.05, 4.69) is 118 Å². The zero-order valence-electron chi connectivity index (χ0n) is 47.2. The summed E-state index contributed by atoms with van der Waals surface area (Å²) in [6, 6.07) is 0. The van der Waals surface area contributed by atoms with Crippen LogP contribution in [0.15, 0.2) is 97.2 Å². The molecule has 6 heteroatoms. The van der Waals surface area contributed by atoms with Crippen LogP contribution in [0.25, 0.3) is 0 Å². The molecule has 0 radical (unpaired) electrons. The lowest BCUT2D eigenvalue weighted by Gasteiger charge is -2.18. The summed E-state index contributed by atoms with van der Waals surface area (Å²) in [6.45, 7) is 6.50. The molecule has 6 nitrogen and oxygen atoms in total. The maximum atomic E-state index is 12.9. The Bertz CT molecular complexity index is 1430. The van der Waals surface area contributed by atoms with E-state index in [9.17, 15) is 14.4 Å². The molecule has 0 aromatic rings. The maximum absolute atomic E-state index is 12.9. The number of hydrogen-bond donors (Lipinski definition) is 0. The van der Waals surface area contributed by atoms with Gasteiger partial charge in [0.1, 0.15) is 13.2 Å². The van der Waals surface area contributed by atoms with Crippen molar-refractivity contribution in [3.63, 3.8) is 0 Å². The maximum Gasteiger partial charge on any atom is 0.306 e. The molecule has 0 saturated heterocycles. The highest BCUT2D eigenvalue weighted by molar-refractivity contribution is 5.71. The van der Waals surface area contributed by atoms with Gasteiger partial charge in [-0.05, 0) is 103 Å². The summed E-state index contributed by atoms with van der Waals surface area (Å²) in [5.41, 5.74) is 0. The van der Waals surface area contributed by atoms with Crippen LogP contribution in [0.2, 0.25) is 0 Å². The van der Waals surface area contributed by atoms with E-state index < -0.39 is 6.10 Å². The SMILES string of the molecule is CC/C=C\C/C=C\C/C=C\C/C=C\C/C=C\CCCCCCCC(=O)OCC(COC(=O)CCCCCCCCCCCCCC)OC(=O)CCCCCCCC/C=C\C/C=C\C/C=C\CCCCCCC. The third kappa shape index (κ3) is 57.2. The van der Waals surface area contributed by atoms with Crippen LogP contribution in [-0.2, 0) is 28.6 Å². The van der Waals surface area contributed by atoms with E-state index in [0.717, 1.165) is 135 Å².